The molecular formula is C26H20N2O2S. The summed E-state index contributed by atoms with van der Waals surface area (Å²) in [5.41, 5.74) is 2.92. The Morgan fingerprint density at radius 1 is 0.548 bits per heavy atom. The van der Waals surface area contributed by atoms with Crippen molar-refractivity contribution in [3.05, 3.63) is 108 Å². The van der Waals surface area contributed by atoms with Crippen molar-refractivity contribution in [2.24, 2.45) is 9.98 Å². The number of rotatable bonds is 6. The third-order valence-electron chi connectivity index (χ3n) is 4.45. The van der Waals surface area contributed by atoms with Gasteiger partial charge in [0.2, 0.25) is 0 Å². The van der Waals surface area contributed by atoms with E-state index in [1.165, 1.54) is 11.8 Å². The van der Waals surface area contributed by atoms with E-state index in [9.17, 15) is 10.2 Å². The van der Waals surface area contributed by atoms with Gasteiger partial charge in [-0.05, 0) is 60.7 Å². The Labute approximate surface area is 185 Å². The second-order valence-electron chi connectivity index (χ2n) is 6.73. The molecule has 0 atom stereocenters. The average molecular weight is 425 g/mol. The van der Waals surface area contributed by atoms with Crippen LogP contribution in [0.25, 0.3) is 0 Å². The maximum atomic E-state index is 10.2. The zero-order valence-electron chi connectivity index (χ0n) is 16.6. The van der Waals surface area contributed by atoms with Crippen molar-refractivity contribution in [3.63, 3.8) is 0 Å². The van der Waals surface area contributed by atoms with Crippen molar-refractivity contribution in [2.75, 3.05) is 0 Å². The predicted molar refractivity (Wildman–Crippen MR) is 128 cm³/mol. The molecule has 152 valence electrons. The van der Waals surface area contributed by atoms with Gasteiger partial charge < -0.3 is 10.2 Å². The summed E-state index contributed by atoms with van der Waals surface area (Å²) in [6.07, 6.45) is 3.31. The molecule has 0 saturated carbocycles. The van der Waals surface area contributed by atoms with Crippen molar-refractivity contribution in [1.29, 1.82) is 0 Å². The Morgan fingerprint density at radius 2 is 0.968 bits per heavy atom. The first kappa shape index (κ1) is 20.4. The number of phenolic OH excluding ortho intramolecular Hbond substituents is 2. The minimum Gasteiger partial charge on any atom is -0.507 e. The van der Waals surface area contributed by atoms with Gasteiger partial charge in [0.1, 0.15) is 11.5 Å². The van der Waals surface area contributed by atoms with Gasteiger partial charge in [0, 0.05) is 33.3 Å². The van der Waals surface area contributed by atoms with Crippen molar-refractivity contribution >= 4 is 35.6 Å². The van der Waals surface area contributed by atoms with Crippen LogP contribution in [0.15, 0.2) is 117 Å². The molecule has 0 aliphatic carbocycles. The number of phenols is 2. The molecule has 4 aromatic carbocycles. The second kappa shape index (κ2) is 9.78. The zero-order chi connectivity index (χ0) is 21.5. The molecule has 4 rings (SSSR count). The van der Waals surface area contributed by atoms with Crippen molar-refractivity contribution in [3.8, 4) is 11.5 Å². The normalized spacial score (nSPS) is 11.4. The summed E-state index contributed by atoms with van der Waals surface area (Å²) in [6.45, 7) is 0. The molecule has 0 bridgehead atoms. The van der Waals surface area contributed by atoms with Gasteiger partial charge in [0.25, 0.3) is 0 Å². The smallest absolute Gasteiger partial charge is 0.124 e. The van der Waals surface area contributed by atoms with Gasteiger partial charge in [-0.3, -0.25) is 9.98 Å². The molecule has 0 aliphatic rings. The number of aromatic hydroxyl groups is 2. The van der Waals surface area contributed by atoms with Crippen LogP contribution in [0.4, 0.5) is 11.4 Å². The van der Waals surface area contributed by atoms with Gasteiger partial charge in [0.05, 0.1) is 11.4 Å². The first-order valence-electron chi connectivity index (χ1n) is 9.69. The molecule has 0 aliphatic heterocycles. The molecule has 4 aromatic rings. The summed E-state index contributed by atoms with van der Waals surface area (Å²) in [5.74, 6) is 0.343. The second-order valence-corrected chi connectivity index (χ2v) is 7.88. The van der Waals surface area contributed by atoms with E-state index in [4.69, 9.17) is 0 Å². The molecule has 31 heavy (non-hydrogen) atoms. The number of hydrogen-bond acceptors (Lipinski definition) is 5. The van der Waals surface area contributed by atoms with Gasteiger partial charge in [-0.1, -0.05) is 48.2 Å². The zero-order valence-corrected chi connectivity index (χ0v) is 17.4. The van der Waals surface area contributed by atoms with Crippen LogP contribution in [-0.2, 0) is 0 Å². The highest BCUT2D eigenvalue weighted by molar-refractivity contribution is 7.99. The molecule has 5 heteroatoms. The molecular weight excluding hydrogens is 404 g/mol. The van der Waals surface area contributed by atoms with Crippen molar-refractivity contribution in [1.82, 2.24) is 0 Å². The number of hydrogen-bond donors (Lipinski definition) is 2. The monoisotopic (exact) mass is 424 g/mol. The SMILES string of the molecule is Oc1ccc(Sc2ccc(O)c(C=Nc3ccccc3)c2)cc1C=Nc1ccccc1. The van der Waals surface area contributed by atoms with Crippen LogP contribution in [0, 0.1) is 0 Å². The van der Waals surface area contributed by atoms with Crippen LogP contribution in [0.1, 0.15) is 11.1 Å². The highest BCUT2D eigenvalue weighted by Gasteiger charge is 2.06. The van der Waals surface area contributed by atoms with Gasteiger partial charge in [0.15, 0.2) is 0 Å². The minimum absolute atomic E-state index is 0.172. The Bertz CT molecular complexity index is 1130. The van der Waals surface area contributed by atoms with Gasteiger partial charge in [-0.2, -0.15) is 0 Å². The fourth-order valence-corrected chi connectivity index (χ4v) is 3.77. The van der Waals surface area contributed by atoms with E-state index in [2.05, 4.69) is 9.98 Å². The lowest BCUT2D eigenvalue weighted by Crippen LogP contribution is -1.86. The summed E-state index contributed by atoms with van der Waals surface area (Å²) in [4.78, 5) is 10.7. The predicted octanol–water partition coefficient (Wildman–Crippen LogP) is 6.75. The molecule has 2 N–H and O–H groups in total. The third kappa shape index (κ3) is 5.62. The Kier molecular flexibility index (Phi) is 6.45. The molecule has 0 heterocycles. The summed E-state index contributed by atoms with van der Waals surface area (Å²) in [5, 5.41) is 20.4. The van der Waals surface area contributed by atoms with Crippen molar-refractivity contribution < 1.29 is 10.2 Å². The highest BCUT2D eigenvalue weighted by Crippen LogP contribution is 2.33. The van der Waals surface area contributed by atoms with Gasteiger partial charge >= 0.3 is 0 Å². The summed E-state index contributed by atoms with van der Waals surface area (Å²) < 4.78 is 0. The molecule has 0 fully saturated rings. The number of aliphatic imine (C=N–C) groups is 2. The Balaban J connectivity index is 1.54. The standard InChI is InChI=1S/C26H20N2O2S/c29-25-13-11-23(15-19(25)17-27-21-7-3-1-4-8-21)31-24-12-14-26(30)20(16-24)18-28-22-9-5-2-6-10-22/h1-18,29-30H. The quantitative estimate of drug-likeness (QED) is 0.336. The molecule has 4 nitrogen and oxygen atoms in total. The fourth-order valence-electron chi connectivity index (χ4n) is 2.85. The Morgan fingerprint density at radius 3 is 1.39 bits per heavy atom. The molecule has 0 spiro atoms. The topological polar surface area (TPSA) is 65.2 Å². The van der Waals surface area contributed by atoms with Crippen LogP contribution in [0.2, 0.25) is 0 Å². The first-order valence-corrected chi connectivity index (χ1v) is 10.5. The van der Waals surface area contributed by atoms with E-state index in [-0.39, 0.29) is 11.5 Å². The summed E-state index contributed by atoms with van der Waals surface area (Å²) >= 11 is 1.53. The van der Waals surface area contributed by atoms with Crippen LogP contribution in [0.5, 0.6) is 11.5 Å². The maximum absolute atomic E-state index is 10.2. The fraction of sp³-hybridized carbons (Fsp3) is 0. The van der Waals surface area contributed by atoms with Crippen LogP contribution < -0.4 is 0 Å². The van der Waals surface area contributed by atoms with E-state index >= 15 is 0 Å². The molecule has 0 unspecified atom stereocenters. The molecule has 0 radical (unpaired) electrons. The lowest BCUT2D eigenvalue weighted by Gasteiger charge is -2.07. The average Bonchev–Trinajstić information content (AvgIpc) is 2.81. The number of para-hydroxylation sites is 2. The van der Waals surface area contributed by atoms with E-state index in [0.717, 1.165) is 21.2 Å². The summed E-state index contributed by atoms with van der Waals surface area (Å²) in [7, 11) is 0. The first-order chi connectivity index (χ1) is 15.2. The number of benzene rings is 4. The van der Waals surface area contributed by atoms with E-state index in [0.29, 0.717) is 11.1 Å². The number of nitrogens with zero attached hydrogens (tertiary/aromatic N) is 2. The summed E-state index contributed by atoms with van der Waals surface area (Å²) in [6, 6.07) is 30.0. The largest absolute Gasteiger partial charge is 0.507 e. The van der Waals surface area contributed by atoms with Gasteiger partial charge in [-0.25, -0.2) is 0 Å². The van der Waals surface area contributed by atoms with Crippen LogP contribution >= 0.6 is 11.8 Å². The minimum atomic E-state index is 0.172. The Hall–Kier alpha value is -3.83. The van der Waals surface area contributed by atoms with E-state index < -0.39 is 0 Å². The van der Waals surface area contributed by atoms with Crippen molar-refractivity contribution in [2.45, 2.75) is 9.79 Å². The van der Waals surface area contributed by atoms with E-state index in [1.54, 1.807) is 24.6 Å². The van der Waals surface area contributed by atoms with Crippen LogP contribution in [0.3, 0.4) is 0 Å². The maximum Gasteiger partial charge on any atom is 0.124 e. The lowest BCUT2D eigenvalue weighted by atomic mass is 10.2. The lowest BCUT2D eigenvalue weighted by molar-refractivity contribution is 0.473. The molecule has 0 saturated heterocycles. The molecule has 0 aromatic heterocycles. The third-order valence-corrected chi connectivity index (χ3v) is 5.43. The van der Waals surface area contributed by atoms with E-state index in [1.807, 2.05) is 84.9 Å². The van der Waals surface area contributed by atoms with Gasteiger partial charge in [-0.15, -0.1) is 0 Å². The van der Waals surface area contributed by atoms with Crippen LogP contribution in [-0.4, -0.2) is 22.6 Å². The highest BCUT2D eigenvalue weighted by atomic mass is 32.2. The molecule has 0 amide bonds.